The minimum absolute atomic E-state index is 0.0738. The van der Waals surface area contributed by atoms with E-state index in [2.05, 4.69) is 42.8 Å². The van der Waals surface area contributed by atoms with Crippen LogP contribution in [0.3, 0.4) is 0 Å². The third kappa shape index (κ3) is 4.21. The lowest BCUT2D eigenvalue weighted by atomic mass is 9.86. The van der Waals surface area contributed by atoms with Crippen molar-refractivity contribution < 1.29 is 9.53 Å². The minimum Gasteiger partial charge on any atom is -0.393 e. The average molecular weight is 317 g/mol. The second-order valence-electron chi connectivity index (χ2n) is 5.52. The molecule has 1 aromatic carbocycles. The van der Waals surface area contributed by atoms with Crippen LogP contribution in [-0.2, 0) is 9.84 Å². The standard InChI is InChI=1S/C13H21BrO2Si/c1-13(2,3)9-6-7-11(14)10(8-9)12(15)16-17(4)5/h6-8,12,15,17H,1-5H3. The highest BCUT2D eigenvalue weighted by atomic mass is 79.9. The molecule has 0 radical (unpaired) electrons. The van der Waals surface area contributed by atoms with Crippen LogP contribution in [0.25, 0.3) is 0 Å². The van der Waals surface area contributed by atoms with Crippen molar-refractivity contribution in [2.24, 2.45) is 0 Å². The molecule has 96 valence electrons. The fourth-order valence-electron chi connectivity index (χ4n) is 1.53. The zero-order valence-electron chi connectivity index (χ0n) is 11.1. The molecule has 0 fully saturated rings. The summed E-state index contributed by atoms with van der Waals surface area (Å²) in [4.78, 5) is 0. The predicted octanol–water partition coefficient (Wildman–Crippen LogP) is 3.74. The highest BCUT2D eigenvalue weighted by Gasteiger charge is 2.19. The molecule has 1 rings (SSSR count). The first-order chi connectivity index (χ1) is 7.71. The summed E-state index contributed by atoms with van der Waals surface area (Å²) in [7, 11) is -1.25. The number of halogens is 1. The lowest BCUT2D eigenvalue weighted by Crippen LogP contribution is -2.16. The zero-order chi connectivity index (χ0) is 13.2. The number of aliphatic hydroxyl groups is 1. The highest BCUT2D eigenvalue weighted by molar-refractivity contribution is 9.10. The van der Waals surface area contributed by atoms with E-state index in [-0.39, 0.29) is 5.41 Å². The van der Waals surface area contributed by atoms with Crippen LogP contribution in [0.4, 0.5) is 0 Å². The molecule has 0 aromatic heterocycles. The molecule has 17 heavy (non-hydrogen) atoms. The molecule has 0 heterocycles. The Kier molecular flexibility index (Phi) is 4.95. The van der Waals surface area contributed by atoms with E-state index in [1.807, 2.05) is 25.2 Å². The van der Waals surface area contributed by atoms with Crippen LogP contribution in [0.1, 0.15) is 38.2 Å². The molecular formula is C13H21BrO2Si. The van der Waals surface area contributed by atoms with Crippen molar-refractivity contribution in [2.75, 3.05) is 0 Å². The fourth-order valence-corrected chi connectivity index (χ4v) is 2.64. The number of aliphatic hydroxyl groups excluding tert-OH is 1. The Morgan fingerprint density at radius 2 is 1.88 bits per heavy atom. The third-order valence-electron chi connectivity index (χ3n) is 2.53. The number of hydrogen-bond donors (Lipinski definition) is 1. The van der Waals surface area contributed by atoms with Crippen molar-refractivity contribution in [3.8, 4) is 0 Å². The van der Waals surface area contributed by atoms with E-state index in [1.165, 1.54) is 5.56 Å². The normalized spacial score (nSPS) is 14.1. The van der Waals surface area contributed by atoms with Crippen molar-refractivity contribution in [1.29, 1.82) is 0 Å². The van der Waals surface area contributed by atoms with Gasteiger partial charge in [-0.3, -0.25) is 0 Å². The van der Waals surface area contributed by atoms with Gasteiger partial charge in [0.25, 0.3) is 0 Å². The molecule has 1 atom stereocenters. The number of hydrogen-bond acceptors (Lipinski definition) is 2. The van der Waals surface area contributed by atoms with Gasteiger partial charge in [0.1, 0.15) is 0 Å². The van der Waals surface area contributed by atoms with Crippen LogP contribution in [-0.4, -0.2) is 14.1 Å². The van der Waals surface area contributed by atoms with E-state index in [0.29, 0.717) is 0 Å². The molecule has 0 amide bonds. The van der Waals surface area contributed by atoms with Crippen molar-refractivity contribution in [2.45, 2.75) is 45.6 Å². The Morgan fingerprint density at radius 3 is 2.35 bits per heavy atom. The lowest BCUT2D eigenvalue weighted by Gasteiger charge is -2.23. The first-order valence-electron chi connectivity index (χ1n) is 5.85. The van der Waals surface area contributed by atoms with Crippen LogP contribution >= 0.6 is 15.9 Å². The smallest absolute Gasteiger partial charge is 0.174 e. The van der Waals surface area contributed by atoms with E-state index in [0.717, 1.165) is 10.0 Å². The lowest BCUT2D eigenvalue weighted by molar-refractivity contribution is -0.0218. The molecule has 0 saturated heterocycles. The van der Waals surface area contributed by atoms with E-state index >= 15 is 0 Å². The molecule has 0 bridgehead atoms. The Balaban J connectivity index is 3.06. The molecular weight excluding hydrogens is 296 g/mol. The molecule has 1 aromatic rings. The third-order valence-corrected chi connectivity index (χ3v) is 4.05. The summed E-state index contributed by atoms with van der Waals surface area (Å²) >= 11 is 3.46. The second kappa shape index (κ2) is 5.65. The maximum absolute atomic E-state index is 10.0. The maximum atomic E-state index is 10.0. The molecule has 0 aliphatic carbocycles. The molecule has 1 N–H and O–H groups in total. The average Bonchev–Trinajstić information content (AvgIpc) is 2.15. The van der Waals surface area contributed by atoms with Gasteiger partial charge in [-0.15, -0.1) is 0 Å². The topological polar surface area (TPSA) is 29.5 Å². The summed E-state index contributed by atoms with van der Waals surface area (Å²) in [5.74, 6) is 0. The zero-order valence-corrected chi connectivity index (χ0v) is 13.9. The highest BCUT2D eigenvalue weighted by Crippen LogP contribution is 2.30. The summed E-state index contributed by atoms with van der Waals surface area (Å²) in [5.41, 5.74) is 2.09. The Bertz CT molecular complexity index is 385. The van der Waals surface area contributed by atoms with Gasteiger partial charge in [0.2, 0.25) is 0 Å². The largest absolute Gasteiger partial charge is 0.393 e. The van der Waals surface area contributed by atoms with Gasteiger partial charge in [-0.1, -0.05) is 42.8 Å². The monoisotopic (exact) mass is 316 g/mol. The maximum Gasteiger partial charge on any atom is 0.174 e. The summed E-state index contributed by atoms with van der Waals surface area (Å²) in [6.07, 6.45) is -0.821. The van der Waals surface area contributed by atoms with Gasteiger partial charge in [-0.05, 0) is 36.2 Å². The van der Waals surface area contributed by atoms with Gasteiger partial charge in [0.05, 0.1) is 0 Å². The van der Waals surface area contributed by atoms with Gasteiger partial charge < -0.3 is 9.53 Å². The van der Waals surface area contributed by atoms with E-state index < -0.39 is 15.3 Å². The van der Waals surface area contributed by atoms with Gasteiger partial charge in [0, 0.05) is 10.0 Å². The van der Waals surface area contributed by atoms with Crippen LogP contribution in [0.2, 0.25) is 13.1 Å². The van der Waals surface area contributed by atoms with E-state index in [4.69, 9.17) is 4.43 Å². The van der Waals surface area contributed by atoms with Crippen LogP contribution < -0.4 is 0 Å². The first kappa shape index (κ1) is 14.9. The van der Waals surface area contributed by atoms with Gasteiger partial charge in [-0.25, -0.2) is 0 Å². The molecule has 4 heteroatoms. The SMILES string of the molecule is C[SiH](C)OC(O)c1cc(C(C)(C)C)ccc1Br. The Labute approximate surface area is 114 Å². The van der Waals surface area contributed by atoms with Crippen molar-refractivity contribution in [3.05, 3.63) is 33.8 Å². The fraction of sp³-hybridized carbons (Fsp3) is 0.538. The van der Waals surface area contributed by atoms with E-state index in [1.54, 1.807) is 0 Å². The number of rotatable bonds is 3. The second-order valence-corrected chi connectivity index (χ2v) is 8.75. The van der Waals surface area contributed by atoms with Crippen LogP contribution in [0.5, 0.6) is 0 Å². The molecule has 2 nitrogen and oxygen atoms in total. The van der Waals surface area contributed by atoms with Crippen molar-refractivity contribution in [1.82, 2.24) is 0 Å². The Hall–Kier alpha value is -0.163. The molecule has 0 saturated carbocycles. The van der Waals surface area contributed by atoms with Gasteiger partial charge in [-0.2, -0.15) is 0 Å². The Morgan fingerprint density at radius 1 is 1.29 bits per heavy atom. The molecule has 0 aliphatic rings. The molecule has 1 unspecified atom stereocenters. The van der Waals surface area contributed by atoms with Crippen LogP contribution in [0.15, 0.2) is 22.7 Å². The quantitative estimate of drug-likeness (QED) is 0.680. The minimum atomic E-state index is -1.25. The van der Waals surface area contributed by atoms with Crippen molar-refractivity contribution in [3.63, 3.8) is 0 Å². The molecule has 0 aliphatic heterocycles. The van der Waals surface area contributed by atoms with Crippen molar-refractivity contribution >= 4 is 25.0 Å². The summed E-state index contributed by atoms with van der Waals surface area (Å²) in [6.45, 7) is 10.6. The predicted molar refractivity (Wildman–Crippen MR) is 77.8 cm³/mol. The number of benzene rings is 1. The summed E-state index contributed by atoms with van der Waals surface area (Å²) in [6, 6.07) is 6.07. The summed E-state index contributed by atoms with van der Waals surface area (Å²) in [5, 5.41) is 10.0. The summed E-state index contributed by atoms with van der Waals surface area (Å²) < 4.78 is 6.45. The van der Waals surface area contributed by atoms with Gasteiger partial charge in [0.15, 0.2) is 15.3 Å². The molecule has 0 spiro atoms. The van der Waals surface area contributed by atoms with Crippen LogP contribution in [0, 0.1) is 0 Å². The van der Waals surface area contributed by atoms with E-state index in [9.17, 15) is 5.11 Å². The first-order valence-corrected chi connectivity index (χ1v) is 9.42. The van der Waals surface area contributed by atoms with Gasteiger partial charge >= 0.3 is 0 Å².